The maximum absolute atomic E-state index is 2.54. The van der Waals surface area contributed by atoms with Gasteiger partial charge in [-0.3, -0.25) is 0 Å². The molecule has 0 unspecified atom stereocenters. The summed E-state index contributed by atoms with van der Waals surface area (Å²) in [5.74, 6) is 0. The Labute approximate surface area is 321 Å². The van der Waals surface area contributed by atoms with Gasteiger partial charge in [0.15, 0.2) is 0 Å². The van der Waals surface area contributed by atoms with Crippen molar-refractivity contribution >= 4 is 71.4 Å². The number of fused-ring (bicyclic) bond motifs is 11. The molecule has 0 bridgehead atoms. The van der Waals surface area contributed by atoms with Gasteiger partial charge in [-0.15, -0.1) is 0 Å². The van der Waals surface area contributed by atoms with Crippen LogP contribution in [0, 0.1) is 6.92 Å². The van der Waals surface area contributed by atoms with Crippen LogP contribution in [0.25, 0.3) is 76.6 Å². The first-order chi connectivity index (χ1) is 26.8. The van der Waals surface area contributed by atoms with Crippen LogP contribution in [0.2, 0.25) is 0 Å². The maximum atomic E-state index is 2.54. The number of hydrogen-bond acceptors (Lipinski definition) is 1. The van der Waals surface area contributed by atoms with Crippen LogP contribution >= 0.6 is 0 Å². The molecule has 0 aliphatic heterocycles. The summed E-state index contributed by atoms with van der Waals surface area (Å²) >= 11 is 0. The van der Waals surface area contributed by atoms with Crippen molar-refractivity contribution in [1.29, 1.82) is 0 Å². The molecule has 0 atom stereocenters. The van der Waals surface area contributed by atoms with Crippen molar-refractivity contribution in [1.82, 2.24) is 9.13 Å². The quantitative estimate of drug-likeness (QED) is 0.177. The Morgan fingerprint density at radius 3 is 1.87 bits per heavy atom. The smallest absolute Gasteiger partial charge is 0.0733 e. The van der Waals surface area contributed by atoms with Crippen LogP contribution in [0.5, 0.6) is 0 Å². The predicted octanol–water partition coefficient (Wildman–Crippen LogP) is 13.9. The molecule has 0 saturated carbocycles. The lowest BCUT2D eigenvalue weighted by molar-refractivity contribution is 0.661. The van der Waals surface area contributed by atoms with E-state index >= 15 is 0 Å². The molecule has 0 N–H and O–H groups in total. The van der Waals surface area contributed by atoms with Gasteiger partial charge in [0.05, 0.1) is 16.9 Å². The molecule has 264 valence electrons. The first kappa shape index (κ1) is 31.9. The van der Waals surface area contributed by atoms with Gasteiger partial charge in [0.25, 0.3) is 0 Å². The van der Waals surface area contributed by atoms with Crippen molar-refractivity contribution in [3.63, 3.8) is 0 Å². The van der Waals surface area contributed by atoms with Crippen molar-refractivity contribution < 1.29 is 0 Å². The minimum Gasteiger partial charge on any atom is -0.344 e. The molecule has 1 aliphatic carbocycles. The Morgan fingerprint density at radius 2 is 1.09 bits per heavy atom. The van der Waals surface area contributed by atoms with Crippen molar-refractivity contribution in [2.45, 2.75) is 26.2 Å². The summed E-state index contributed by atoms with van der Waals surface area (Å²) in [6.07, 6.45) is 0. The molecule has 0 amide bonds. The first-order valence-electron chi connectivity index (χ1n) is 19.3. The Kier molecular flexibility index (Phi) is 6.65. The van der Waals surface area contributed by atoms with E-state index in [1.165, 1.54) is 99.0 Å². The predicted molar refractivity (Wildman–Crippen MR) is 234 cm³/mol. The molecule has 2 heterocycles. The number of anilines is 3. The second-order valence-electron chi connectivity index (χ2n) is 16.0. The van der Waals surface area contributed by atoms with Crippen molar-refractivity contribution in [2.75, 3.05) is 4.90 Å². The Balaban J connectivity index is 1.22. The number of rotatable bonds is 4. The third-order valence-electron chi connectivity index (χ3n) is 12.6. The fourth-order valence-electron chi connectivity index (χ4n) is 9.85. The summed E-state index contributed by atoms with van der Waals surface area (Å²) in [7, 11) is 4.39. The zero-order valence-corrected chi connectivity index (χ0v) is 31.9. The van der Waals surface area contributed by atoms with Crippen molar-refractivity contribution in [2.24, 2.45) is 14.1 Å². The number of aromatic nitrogens is 2. The molecule has 55 heavy (non-hydrogen) atoms. The van der Waals surface area contributed by atoms with Gasteiger partial charge in [0.1, 0.15) is 0 Å². The van der Waals surface area contributed by atoms with Crippen LogP contribution < -0.4 is 4.90 Å². The number of para-hydroxylation sites is 3. The molecule has 11 rings (SSSR count). The SMILES string of the molecule is Cc1cccc(-c2ccc3c(c2)C(C)(C)c2cc(N(c4ccc5c(c4)c4ccccc4n5C)c4cccc5c6ccccc6n(C)c45)c4ccccc4c2-3)c1. The molecular weight excluding hydrogens is 667 g/mol. The van der Waals surface area contributed by atoms with E-state index in [0.29, 0.717) is 0 Å². The summed E-state index contributed by atoms with van der Waals surface area (Å²) in [6.45, 7) is 6.99. The topological polar surface area (TPSA) is 13.1 Å². The number of hydrogen-bond donors (Lipinski definition) is 0. The summed E-state index contributed by atoms with van der Waals surface area (Å²) < 4.78 is 4.70. The lowest BCUT2D eigenvalue weighted by Crippen LogP contribution is -2.17. The molecule has 2 aromatic heterocycles. The Bertz CT molecular complexity index is 3230. The Morgan fingerprint density at radius 1 is 0.455 bits per heavy atom. The highest BCUT2D eigenvalue weighted by molar-refractivity contribution is 6.17. The fourth-order valence-corrected chi connectivity index (χ4v) is 9.85. The van der Waals surface area contributed by atoms with E-state index in [1.54, 1.807) is 0 Å². The standard InChI is InChI=1S/C52H41N3/c1-32-14-12-15-33(28-32)34-24-26-41-43(29-34)52(2,3)44-31-49(36-16-6-7-19-39(36)50(41)44)55(35-25-27-47-42(30-35)38-18-9-10-21-45(38)53(47)4)48-23-13-20-40-37-17-8-11-22-46(37)54(5)51(40)48/h6-31H,1-5H3. The zero-order chi connectivity index (χ0) is 37.2. The second-order valence-corrected chi connectivity index (χ2v) is 16.0. The normalized spacial score (nSPS) is 13.3. The molecule has 1 aliphatic rings. The number of nitrogens with zero attached hydrogens (tertiary/aromatic N) is 3. The van der Waals surface area contributed by atoms with E-state index in [1.807, 2.05) is 0 Å². The molecule has 0 spiro atoms. The van der Waals surface area contributed by atoms with E-state index < -0.39 is 0 Å². The molecule has 0 radical (unpaired) electrons. The molecule has 3 nitrogen and oxygen atoms in total. The number of benzene rings is 8. The zero-order valence-electron chi connectivity index (χ0n) is 31.9. The van der Waals surface area contributed by atoms with E-state index in [2.05, 4.69) is 207 Å². The minimum absolute atomic E-state index is 0.222. The summed E-state index contributed by atoms with van der Waals surface area (Å²) in [4.78, 5) is 2.54. The van der Waals surface area contributed by atoms with Crippen LogP contribution in [0.3, 0.4) is 0 Å². The van der Waals surface area contributed by atoms with Gasteiger partial charge in [-0.2, -0.15) is 0 Å². The Hall–Kier alpha value is -6.58. The minimum atomic E-state index is -0.222. The molecule has 10 aromatic rings. The molecule has 0 saturated heterocycles. The van der Waals surface area contributed by atoms with Gasteiger partial charge in [-0.25, -0.2) is 0 Å². The summed E-state index contributed by atoms with van der Waals surface area (Å²) in [5.41, 5.74) is 17.4. The van der Waals surface area contributed by atoms with E-state index in [4.69, 9.17) is 0 Å². The molecule has 0 fully saturated rings. The summed E-state index contributed by atoms with van der Waals surface area (Å²) in [5, 5.41) is 7.57. The van der Waals surface area contributed by atoms with Crippen LogP contribution in [-0.4, -0.2) is 9.13 Å². The van der Waals surface area contributed by atoms with Gasteiger partial charge in [-0.05, 0) is 94.2 Å². The van der Waals surface area contributed by atoms with Gasteiger partial charge >= 0.3 is 0 Å². The van der Waals surface area contributed by atoms with Crippen molar-refractivity contribution in [3.05, 3.63) is 174 Å². The third kappa shape index (κ3) is 4.44. The highest BCUT2D eigenvalue weighted by atomic mass is 15.2. The van der Waals surface area contributed by atoms with Gasteiger partial charge in [-0.1, -0.05) is 129 Å². The van der Waals surface area contributed by atoms with Crippen LogP contribution in [0.15, 0.2) is 158 Å². The summed E-state index contributed by atoms with van der Waals surface area (Å²) in [6, 6.07) is 59.0. The van der Waals surface area contributed by atoms with Crippen LogP contribution in [0.1, 0.15) is 30.5 Å². The average Bonchev–Trinajstić information content (AvgIpc) is 3.76. The fraction of sp³-hybridized carbons (Fsp3) is 0.115. The lowest BCUT2D eigenvalue weighted by atomic mass is 9.81. The van der Waals surface area contributed by atoms with Gasteiger partial charge in [0, 0.05) is 68.7 Å². The van der Waals surface area contributed by atoms with E-state index in [0.717, 1.165) is 11.4 Å². The largest absolute Gasteiger partial charge is 0.344 e. The molecule has 8 aromatic carbocycles. The van der Waals surface area contributed by atoms with Crippen LogP contribution in [-0.2, 0) is 19.5 Å². The monoisotopic (exact) mass is 707 g/mol. The van der Waals surface area contributed by atoms with E-state index in [9.17, 15) is 0 Å². The second kappa shape index (κ2) is 11.5. The van der Waals surface area contributed by atoms with Crippen LogP contribution in [0.4, 0.5) is 17.1 Å². The average molecular weight is 708 g/mol. The molecule has 3 heteroatoms. The van der Waals surface area contributed by atoms with Gasteiger partial charge in [0.2, 0.25) is 0 Å². The molecular formula is C52H41N3. The highest BCUT2D eigenvalue weighted by Gasteiger charge is 2.38. The first-order valence-corrected chi connectivity index (χ1v) is 19.3. The van der Waals surface area contributed by atoms with Crippen molar-refractivity contribution in [3.8, 4) is 22.3 Å². The number of aryl methyl sites for hydroxylation is 3. The highest BCUT2D eigenvalue weighted by Crippen LogP contribution is 2.56. The maximum Gasteiger partial charge on any atom is 0.0733 e. The van der Waals surface area contributed by atoms with E-state index in [-0.39, 0.29) is 5.41 Å². The van der Waals surface area contributed by atoms with Gasteiger partial charge < -0.3 is 14.0 Å². The third-order valence-corrected chi connectivity index (χ3v) is 12.6. The lowest BCUT2D eigenvalue weighted by Gasteiger charge is -2.30.